The summed E-state index contributed by atoms with van der Waals surface area (Å²) in [5.74, 6) is -1.60. The van der Waals surface area contributed by atoms with Crippen LogP contribution in [-0.4, -0.2) is 10.9 Å². The van der Waals surface area contributed by atoms with Crippen molar-refractivity contribution in [3.05, 3.63) is 28.6 Å². The zero-order valence-corrected chi connectivity index (χ0v) is 12.3. The molecule has 1 saturated carbocycles. The van der Waals surface area contributed by atoms with Gasteiger partial charge in [0.25, 0.3) is 0 Å². The second kappa shape index (κ2) is 5.72. The average molecular weight is 310 g/mol. The van der Waals surface area contributed by atoms with Crippen molar-refractivity contribution in [2.45, 2.75) is 38.5 Å². The van der Waals surface area contributed by atoms with E-state index in [1.807, 2.05) is 0 Å². The summed E-state index contributed by atoms with van der Waals surface area (Å²) in [6, 6.07) is 1.99. The van der Waals surface area contributed by atoms with Gasteiger partial charge in [0.05, 0.1) is 10.1 Å². The molecule has 0 atom stereocenters. The van der Waals surface area contributed by atoms with Gasteiger partial charge in [-0.2, -0.15) is 0 Å². The minimum absolute atomic E-state index is 0.0134. The van der Waals surface area contributed by atoms with Crippen molar-refractivity contribution in [3.63, 3.8) is 0 Å². The number of carbonyl (C=O) groups excluding carboxylic acids is 1. The van der Waals surface area contributed by atoms with Gasteiger partial charge in [0, 0.05) is 6.42 Å². The quantitative estimate of drug-likeness (QED) is 0.807. The van der Waals surface area contributed by atoms with E-state index in [1.165, 1.54) is 6.42 Å². The summed E-state index contributed by atoms with van der Waals surface area (Å²) >= 11 is 0.847. The number of rotatable bonds is 3. The fourth-order valence-electron chi connectivity index (χ4n) is 3.05. The highest BCUT2D eigenvalue weighted by Gasteiger charge is 2.25. The SMILES string of the molecule is O=C(CC1CCCCC1)c1sc2c(F)ccc(F)c2c1O. The molecule has 1 aliphatic rings. The molecule has 21 heavy (non-hydrogen) atoms. The molecule has 1 aromatic heterocycles. The number of hydrogen-bond donors (Lipinski definition) is 1. The minimum atomic E-state index is -0.697. The zero-order valence-electron chi connectivity index (χ0n) is 11.5. The lowest BCUT2D eigenvalue weighted by Crippen LogP contribution is -2.11. The number of ketones is 1. The molecule has 0 aliphatic heterocycles. The minimum Gasteiger partial charge on any atom is -0.506 e. The Morgan fingerprint density at radius 1 is 1.19 bits per heavy atom. The highest BCUT2D eigenvalue weighted by molar-refractivity contribution is 7.21. The van der Waals surface area contributed by atoms with Crippen LogP contribution in [0.15, 0.2) is 12.1 Å². The maximum absolute atomic E-state index is 13.7. The number of carbonyl (C=O) groups is 1. The monoisotopic (exact) mass is 310 g/mol. The van der Waals surface area contributed by atoms with Gasteiger partial charge in [-0.05, 0) is 18.1 Å². The van der Waals surface area contributed by atoms with Gasteiger partial charge in [-0.3, -0.25) is 4.79 Å². The first-order valence-electron chi connectivity index (χ1n) is 7.20. The third-order valence-corrected chi connectivity index (χ3v) is 5.40. The van der Waals surface area contributed by atoms with Crippen molar-refractivity contribution in [2.24, 2.45) is 5.92 Å². The molecule has 0 unspecified atom stereocenters. The molecule has 5 heteroatoms. The average Bonchev–Trinajstić information content (AvgIpc) is 2.83. The number of thiophene rings is 1. The summed E-state index contributed by atoms with van der Waals surface area (Å²) in [6.07, 6.45) is 5.83. The first-order chi connectivity index (χ1) is 10.1. The van der Waals surface area contributed by atoms with E-state index in [0.717, 1.165) is 49.2 Å². The predicted octanol–water partition coefficient (Wildman–Crippen LogP) is 5.04. The lowest BCUT2D eigenvalue weighted by molar-refractivity contribution is 0.0952. The Bertz CT molecular complexity index is 687. The number of aromatic hydroxyl groups is 1. The highest BCUT2D eigenvalue weighted by Crippen LogP contribution is 2.41. The third-order valence-electron chi connectivity index (χ3n) is 4.17. The summed E-state index contributed by atoms with van der Waals surface area (Å²) < 4.78 is 27.4. The van der Waals surface area contributed by atoms with Crippen LogP contribution < -0.4 is 0 Å². The maximum Gasteiger partial charge on any atom is 0.176 e. The van der Waals surface area contributed by atoms with Gasteiger partial charge in [0.2, 0.25) is 0 Å². The molecule has 2 nitrogen and oxygen atoms in total. The predicted molar refractivity (Wildman–Crippen MR) is 78.9 cm³/mol. The van der Waals surface area contributed by atoms with Crippen molar-refractivity contribution in [2.75, 3.05) is 0 Å². The largest absolute Gasteiger partial charge is 0.506 e. The molecule has 1 fully saturated rings. The second-order valence-corrected chi connectivity index (χ2v) is 6.67. The molecule has 0 radical (unpaired) electrons. The van der Waals surface area contributed by atoms with Crippen LogP contribution in [0.1, 0.15) is 48.2 Å². The van der Waals surface area contributed by atoms with Gasteiger partial charge in [-0.25, -0.2) is 8.78 Å². The normalized spacial score (nSPS) is 16.5. The first kappa shape index (κ1) is 14.4. The Hall–Kier alpha value is -1.49. The van der Waals surface area contributed by atoms with E-state index in [1.54, 1.807) is 0 Å². The van der Waals surface area contributed by atoms with Crippen LogP contribution >= 0.6 is 11.3 Å². The van der Waals surface area contributed by atoms with E-state index in [9.17, 15) is 18.7 Å². The number of halogens is 2. The van der Waals surface area contributed by atoms with E-state index >= 15 is 0 Å². The van der Waals surface area contributed by atoms with Crippen molar-refractivity contribution in [1.82, 2.24) is 0 Å². The maximum atomic E-state index is 13.7. The molecule has 3 rings (SSSR count). The van der Waals surface area contributed by atoms with Crippen molar-refractivity contribution in [1.29, 1.82) is 0 Å². The summed E-state index contributed by atoms with van der Waals surface area (Å²) in [5.41, 5.74) is 0. The smallest absolute Gasteiger partial charge is 0.176 e. The lowest BCUT2D eigenvalue weighted by Gasteiger charge is -2.20. The summed E-state index contributed by atoms with van der Waals surface area (Å²) in [4.78, 5) is 12.4. The van der Waals surface area contributed by atoms with Crippen LogP contribution in [0.25, 0.3) is 10.1 Å². The molecular formula is C16H16F2O2S. The van der Waals surface area contributed by atoms with Gasteiger partial charge in [-0.1, -0.05) is 32.1 Å². The highest BCUT2D eigenvalue weighted by atomic mass is 32.1. The standard InChI is InChI=1S/C16H16F2O2S/c17-10-6-7-11(18)15-13(10)14(20)16(21-15)12(19)8-9-4-2-1-3-5-9/h6-7,9,20H,1-5,8H2. The van der Waals surface area contributed by atoms with Crippen LogP contribution in [-0.2, 0) is 0 Å². The Morgan fingerprint density at radius 2 is 1.86 bits per heavy atom. The van der Waals surface area contributed by atoms with E-state index < -0.39 is 17.4 Å². The lowest BCUT2D eigenvalue weighted by atomic mass is 9.85. The Labute approximate surface area is 125 Å². The number of Topliss-reactive ketones (excluding diaryl/α,β-unsaturated/α-hetero) is 1. The molecule has 0 bridgehead atoms. The van der Waals surface area contributed by atoms with Crippen LogP contribution in [0.4, 0.5) is 8.78 Å². The van der Waals surface area contributed by atoms with Gasteiger partial charge >= 0.3 is 0 Å². The summed E-state index contributed by atoms with van der Waals surface area (Å²) in [7, 11) is 0. The van der Waals surface area contributed by atoms with Gasteiger partial charge in [-0.15, -0.1) is 11.3 Å². The van der Waals surface area contributed by atoms with Gasteiger partial charge < -0.3 is 5.11 Å². The Balaban J connectivity index is 1.93. The van der Waals surface area contributed by atoms with Gasteiger partial charge in [0.15, 0.2) is 5.78 Å². The Kier molecular flexibility index (Phi) is 3.93. The van der Waals surface area contributed by atoms with Crippen molar-refractivity contribution >= 4 is 27.2 Å². The summed E-state index contributed by atoms with van der Waals surface area (Å²) in [6.45, 7) is 0. The topological polar surface area (TPSA) is 37.3 Å². The van der Waals surface area contributed by atoms with Crippen molar-refractivity contribution in [3.8, 4) is 5.75 Å². The molecule has 2 aromatic rings. The summed E-state index contributed by atoms with van der Waals surface area (Å²) in [5, 5.41) is 9.90. The number of fused-ring (bicyclic) bond motifs is 1. The second-order valence-electron chi connectivity index (χ2n) is 5.64. The van der Waals surface area contributed by atoms with Crippen LogP contribution in [0.5, 0.6) is 5.75 Å². The fourth-order valence-corrected chi connectivity index (χ4v) is 4.11. The van der Waals surface area contributed by atoms with Crippen LogP contribution in [0, 0.1) is 17.6 Å². The van der Waals surface area contributed by atoms with E-state index in [4.69, 9.17) is 0 Å². The molecule has 112 valence electrons. The van der Waals surface area contributed by atoms with E-state index in [0.29, 0.717) is 12.3 Å². The molecule has 0 saturated heterocycles. The molecule has 1 aromatic carbocycles. The fraction of sp³-hybridized carbons (Fsp3) is 0.438. The zero-order chi connectivity index (χ0) is 15.0. The molecule has 1 aliphatic carbocycles. The molecular weight excluding hydrogens is 294 g/mol. The molecule has 1 N–H and O–H groups in total. The van der Waals surface area contributed by atoms with Crippen molar-refractivity contribution < 1.29 is 18.7 Å². The molecule has 0 spiro atoms. The number of hydrogen-bond acceptors (Lipinski definition) is 3. The molecule has 0 amide bonds. The third kappa shape index (κ3) is 2.67. The molecule has 1 heterocycles. The first-order valence-corrected chi connectivity index (χ1v) is 8.02. The Morgan fingerprint density at radius 3 is 2.52 bits per heavy atom. The van der Waals surface area contributed by atoms with E-state index in [-0.39, 0.29) is 20.7 Å². The van der Waals surface area contributed by atoms with E-state index in [2.05, 4.69) is 0 Å². The van der Waals surface area contributed by atoms with Crippen LogP contribution in [0.3, 0.4) is 0 Å². The number of benzene rings is 1. The van der Waals surface area contributed by atoms with Gasteiger partial charge in [0.1, 0.15) is 22.3 Å². The van der Waals surface area contributed by atoms with Crippen LogP contribution in [0.2, 0.25) is 0 Å².